The van der Waals surface area contributed by atoms with Crippen LogP contribution in [0.3, 0.4) is 0 Å². The number of aryl methyl sites for hydroxylation is 1. The molecule has 0 aromatic heterocycles. The molecule has 0 heterocycles. The molecule has 0 radical (unpaired) electrons. The minimum Gasteiger partial charge on any atom is -0.493 e. The number of nitrogens with one attached hydrogen (secondary N) is 1. The van der Waals surface area contributed by atoms with E-state index in [0.29, 0.717) is 33.7 Å². The quantitative estimate of drug-likeness (QED) is 0.327. The van der Waals surface area contributed by atoms with E-state index in [1.54, 1.807) is 12.1 Å². The molecular formula is C18H20BrN3O6S. The standard InChI is InChI=1S/C18H20BrN3O6S/c1-4-7-28-18-15(19)8-13(9-17(18)27-3)11-20-21-29(25,26)14-6-5-12(2)16(10-14)22(23)24/h5-6,8-11,21H,4,7H2,1-3H3/b20-11+. The summed E-state index contributed by atoms with van der Waals surface area (Å²) in [5.74, 6) is 1.00. The molecule has 11 heteroatoms. The van der Waals surface area contributed by atoms with Crippen LogP contribution in [-0.4, -0.2) is 33.3 Å². The lowest BCUT2D eigenvalue weighted by Crippen LogP contribution is -2.18. The number of rotatable bonds is 9. The number of hydrogen-bond acceptors (Lipinski definition) is 7. The van der Waals surface area contributed by atoms with Gasteiger partial charge in [0.05, 0.1) is 34.2 Å². The van der Waals surface area contributed by atoms with E-state index in [0.717, 1.165) is 12.5 Å². The molecule has 0 unspecified atom stereocenters. The van der Waals surface area contributed by atoms with E-state index < -0.39 is 14.9 Å². The summed E-state index contributed by atoms with van der Waals surface area (Å²) in [5.41, 5.74) is 0.628. The average molecular weight is 486 g/mol. The molecule has 0 aliphatic heterocycles. The molecule has 2 aromatic carbocycles. The SMILES string of the molecule is CCCOc1c(Br)cc(/C=N/NS(=O)(=O)c2ccc(C)c([N+](=O)[O-])c2)cc1OC. The number of methoxy groups -OCH3 is 1. The van der Waals surface area contributed by atoms with Crippen molar-refractivity contribution in [2.24, 2.45) is 5.10 Å². The van der Waals surface area contributed by atoms with Gasteiger partial charge in [0.1, 0.15) is 0 Å². The van der Waals surface area contributed by atoms with Gasteiger partial charge < -0.3 is 9.47 Å². The van der Waals surface area contributed by atoms with E-state index in [2.05, 4.69) is 21.0 Å². The fourth-order valence-corrected chi connectivity index (χ4v) is 3.72. The number of ether oxygens (including phenoxy) is 2. The molecular weight excluding hydrogens is 466 g/mol. The molecule has 0 amide bonds. The Kier molecular flexibility index (Phi) is 7.57. The molecule has 0 saturated carbocycles. The summed E-state index contributed by atoms with van der Waals surface area (Å²) >= 11 is 3.40. The first-order valence-corrected chi connectivity index (χ1v) is 10.8. The second-order valence-electron chi connectivity index (χ2n) is 5.94. The van der Waals surface area contributed by atoms with Gasteiger partial charge in [-0.1, -0.05) is 13.0 Å². The topological polar surface area (TPSA) is 120 Å². The number of sulfonamides is 1. The predicted molar refractivity (Wildman–Crippen MR) is 112 cm³/mol. The number of benzene rings is 2. The van der Waals surface area contributed by atoms with Crippen LogP contribution in [0.4, 0.5) is 5.69 Å². The van der Waals surface area contributed by atoms with Crippen molar-refractivity contribution in [3.63, 3.8) is 0 Å². The summed E-state index contributed by atoms with van der Waals surface area (Å²) in [4.78, 5) is 12.2. The number of halogens is 1. The van der Waals surface area contributed by atoms with Crippen LogP contribution < -0.4 is 14.3 Å². The Morgan fingerprint density at radius 2 is 2.03 bits per heavy atom. The Morgan fingerprint density at radius 1 is 1.31 bits per heavy atom. The van der Waals surface area contributed by atoms with Gasteiger partial charge in [0.2, 0.25) is 0 Å². The highest BCUT2D eigenvalue weighted by Crippen LogP contribution is 2.36. The zero-order valence-corrected chi connectivity index (χ0v) is 18.4. The van der Waals surface area contributed by atoms with Crippen LogP contribution in [0.25, 0.3) is 0 Å². The van der Waals surface area contributed by atoms with Crippen LogP contribution >= 0.6 is 15.9 Å². The third kappa shape index (κ3) is 5.67. The van der Waals surface area contributed by atoms with E-state index in [-0.39, 0.29) is 10.6 Å². The highest BCUT2D eigenvalue weighted by Gasteiger charge is 2.19. The van der Waals surface area contributed by atoms with Crippen LogP contribution in [0.15, 0.2) is 44.8 Å². The van der Waals surface area contributed by atoms with Gasteiger partial charge in [-0.2, -0.15) is 13.5 Å². The monoisotopic (exact) mass is 485 g/mol. The molecule has 2 aromatic rings. The van der Waals surface area contributed by atoms with Crippen molar-refractivity contribution < 1.29 is 22.8 Å². The zero-order valence-electron chi connectivity index (χ0n) is 16.0. The van der Waals surface area contributed by atoms with Gasteiger partial charge in [-0.15, -0.1) is 0 Å². The molecule has 0 fully saturated rings. The van der Waals surface area contributed by atoms with Crippen molar-refractivity contribution in [3.05, 3.63) is 56.0 Å². The molecule has 0 aliphatic carbocycles. The van der Waals surface area contributed by atoms with E-state index >= 15 is 0 Å². The molecule has 9 nitrogen and oxygen atoms in total. The van der Waals surface area contributed by atoms with Crippen molar-refractivity contribution in [1.29, 1.82) is 0 Å². The lowest BCUT2D eigenvalue weighted by molar-refractivity contribution is -0.385. The number of hydrogen-bond donors (Lipinski definition) is 1. The van der Waals surface area contributed by atoms with Crippen molar-refractivity contribution in [1.82, 2.24) is 4.83 Å². The molecule has 1 N–H and O–H groups in total. The fourth-order valence-electron chi connectivity index (χ4n) is 2.33. The van der Waals surface area contributed by atoms with Crippen LogP contribution in [0.2, 0.25) is 0 Å². The molecule has 2 rings (SSSR count). The molecule has 0 bridgehead atoms. The molecule has 0 spiro atoms. The fraction of sp³-hybridized carbons (Fsp3) is 0.278. The third-order valence-electron chi connectivity index (χ3n) is 3.78. The highest BCUT2D eigenvalue weighted by molar-refractivity contribution is 9.10. The molecule has 0 atom stereocenters. The minimum atomic E-state index is -4.07. The Balaban J connectivity index is 2.23. The van der Waals surface area contributed by atoms with Gasteiger partial charge in [-0.3, -0.25) is 10.1 Å². The molecule has 156 valence electrons. The lowest BCUT2D eigenvalue weighted by Gasteiger charge is -2.12. The first-order chi connectivity index (χ1) is 13.7. The average Bonchev–Trinajstić information content (AvgIpc) is 2.66. The summed E-state index contributed by atoms with van der Waals surface area (Å²) in [7, 11) is -2.57. The maximum Gasteiger partial charge on any atom is 0.276 e. The summed E-state index contributed by atoms with van der Waals surface area (Å²) < 4.78 is 36.3. The van der Waals surface area contributed by atoms with E-state index in [9.17, 15) is 18.5 Å². The normalized spacial score (nSPS) is 11.4. The summed E-state index contributed by atoms with van der Waals surface area (Å²) in [6, 6.07) is 6.98. The molecule has 0 aliphatic rings. The van der Waals surface area contributed by atoms with Crippen molar-refractivity contribution in [2.45, 2.75) is 25.2 Å². The maximum atomic E-state index is 12.4. The van der Waals surface area contributed by atoms with E-state index in [1.165, 1.54) is 32.4 Å². The first kappa shape index (κ1) is 22.6. The van der Waals surface area contributed by atoms with Gasteiger partial charge >= 0.3 is 0 Å². The largest absolute Gasteiger partial charge is 0.493 e. The number of hydrazone groups is 1. The number of nitrogens with zero attached hydrogens (tertiary/aromatic N) is 2. The Hall–Kier alpha value is -2.66. The van der Waals surface area contributed by atoms with Crippen molar-refractivity contribution in [3.8, 4) is 11.5 Å². The summed E-state index contributed by atoms with van der Waals surface area (Å²) in [6.07, 6.45) is 2.12. The van der Waals surface area contributed by atoms with Crippen molar-refractivity contribution >= 4 is 37.9 Å². The maximum absolute atomic E-state index is 12.4. The van der Waals surface area contributed by atoms with Gasteiger partial charge in [0.15, 0.2) is 11.5 Å². The second-order valence-corrected chi connectivity index (χ2v) is 8.46. The number of nitro groups is 1. The second kappa shape index (κ2) is 9.70. The van der Waals surface area contributed by atoms with Gasteiger partial charge in [0, 0.05) is 11.6 Å². The van der Waals surface area contributed by atoms with E-state index in [1.807, 2.05) is 11.8 Å². The van der Waals surface area contributed by atoms with Crippen LogP contribution in [0.5, 0.6) is 11.5 Å². The number of nitro benzene ring substituents is 1. The molecule has 29 heavy (non-hydrogen) atoms. The minimum absolute atomic E-state index is 0.256. The van der Waals surface area contributed by atoms with Gasteiger partial charge in [-0.05, 0) is 53.0 Å². The van der Waals surface area contributed by atoms with Gasteiger partial charge in [-0.25, -0.2) is 4.83 Å². The Labute approximate surface area is 177 Å². The van der Waals surface area contributed by atoms with Crippen molar-refractivity contribution in [2.75, 3.05) is 13.7 Å². The Morgan fingerprint density at radius 3 is 2.66 bits per heavy atom. The predicted octanol–water partition coefficient (Wildman–Crippen LogP) is 3.78. The highest BCUT2D eigenvalue weighted by atomic mass is 79.9. The third-order valence-corrected chi connectivity index (χ3v) is 5.59. The van der Waals surface area contributed by atoms with Crippen LogP contribution in [0, 0.1) is 17.0 Å². The molecule has 0 saturated heterocycles. The zero-order chi connectivity index (χ0) is 21.6. The summed E-state index contributed by atoms with van der Waals surface area (Å²) in [6.45, 7) is 4.03. The first-order valence-electron chi connectivity index (χ1n) is 8.49. The Bertz CT molecular complexity index is 1040. The summed E-state index contributed by atoms with van der Waals surface area (Å²) in [5, 5.41) is 14.8. The van der Waals surface area contributed by atoms with Crippen LogP contribution in [-0.2, 0) is 10.0 Å². The smallest absolute Gasteiger partial charge is 0.276 e. The van der Waals surface area contributed by atoms with Gasteiger partial charge in [0.25, 0.3) is 15.7 Å². The van der Waals surface area contributed by atoms with Crippen LogP contribution in [0.1, 0.15) is 24.5 Å². The van der Waals surface area contributed by atoms with E-state index in [4.69, 9.17) is 9.47 Å². The lowest BCUT2D eigenvalue weighted by atomic mass is 10.2.